The summed E-state index contributed by atoms with van der Waals surface area (Å²) in [5.41, 5.74) is 1.50. The summed E-state index contributed by atoms with van der Waals surface area (Å²) in [6.07, 6.45) is 2.57. The van der Waals surface area contributed by atoms with E-state index in [0.29, 0.717) is 20.8 Å². The molecule has 0 spiro atoms. The van der Waals surface area contributed by atoms with Gasteiger partial charge in [-0.1, -0.05) is 35.9 Å². The normalized spacial score (nSPS) is 11.6. The van der Waals surface area contributed by atoms with E-state index in [1.165, 1.54) is 29.9 Å². The fourth-order valence-corrected chi connectivity index (χ4v) is 3.80. The molecule has 0 aliphatic carbocycles. The van der Waals surface area contributed by atoms with Gasteiger partial charge in [-0.15, -0.1) is 11.3 Å². The van der Waals surface area contributed by atoms with Crippen LogP contribution in [0.25, 0.3) is 21.3 Å². The maximum absolute atomic E-state index is 13.0. The van der Waals surface area contributed by atoms with Gasteiger partial charge in [0.1, 0.15) is 16.9 Å². The molecule has 4 aromatic rings. The van der Waals surface area contributed by atoms with Crippen LogP contribution in [0.3, 0.4) is 0 Å². The number of rotatable bonds is 5. The van der Waals surface area contributed by atoms with Crippen LogP contribution < -0.4 is 10.3 Å². The zero-order valence-corrected chi connectivity index (χ0v) is 16.2. The highest BCUT2D eigenvalue weighted by Gasteiger charge is 2.13. The minimum absolute atomic E-state index is 0.0364. The van der Waals surface area contributed by atoms with Crippen molar-refractivity contribution < 1.29 is 13.5 Å². The fourth-order valence-electron chi connectivity index (χ4n) is 2.76. The molecule has 5 nitrogen and oxygen atoms in total. The highest BCUT2D eigenvalue weighted by Crippen LogP contribution is 2.31. The number of thiophene rings is 1. The average Bonchev–Trinajstić information content (AvgIpc) is 3.14. The number of alkyl halides is 2. The van der Waals surface area contributed by atoms with Crippen LogP contribution in [0.2, 0.25) is 5.02 Å². The molecule has 0 aliphatic heterocycles. The number of fused-ring (bicyclic) bond motifs is 1. The van der Waals surface area contributed by atoms with Gasteiger partial charge in [0, 0.05) is 21.5 Å². The quantitative estimate of drug-likeness (QED) is 0.405. The molecule has 2 aromatic heterocycles. The maximum Gasteiger partial charge on any atom is 0.387 e. The molecule has 0 bridgehead atoms. The van der Waals surface area contributed by atoms with Gasteiger partial charge in [-0.2, -0.15) is 18.6 Å². The zero-order chi connectivity index (χ0) is 20.4. The monoisotopic (exact) mass is 431 g/mol. The molecule has 0 radical (unpaired) electrons. The Morgan fingerprint density at radius 2 is 1.93 bits per heavy atom. The second-order valence-corrected chi connectivity index (χ2v) is 7.19. The minimum Gasteiger partial charge on any atom is -0.434 e. The van der Waals surface area contributed by atoms with Crippen molar-refractivity contribution in [3.05, 3.63) is 81.2 Å². The molecular formula is C20H12ClF2N3O2S. The Morgan fingerprint density at radius 3 is 2.69 bits per heavy atom. The van der Waals surface area contributed by atoms with E-state index in [2.05, 4.69) is 14.8 Å². The number of halogens is 3. The Labute approximate surface area is 172 Å². The van der Waals surface area contributed by atoms with Crippen LogP contribution >= 0.6 is 22.9 Å². The van der Waals surface area contributed by atoms with Crippen molar-refractivity contribution in [2.24, 2.45) is 5.10 Å². The average molecular weight is 432 g/mol. The first-order chi connectivity index (χ1) is 14.0. The van der Waals surface area contributed by atoms with Gasteiger partial charge < -0.3 is 4.74 Å². The minimum atomic E-state index is -2.96. The van der Waals surface area contributed by atoms with Crippen LogP contribution in [0.4, 0.5) is 8.78 Å². The summed E-state index contributed by atoms with van der Waals surface area (Å²) < 4.78 is 30.7. The summed E-state index contributed by atoms with van der Waals surface area (Å²) in [5.74, 6) is -0.0364. The van der Waals surface area contributed by atoms with Gasteiger partial charge in [0.05, 0.1) is 11.6 Å². The summed E-state index contributed by atoms with van der Waals surface area (Å²) in [5, 5.41) is 6.97. The van der Waals surface area contributed by atoms with E-state index in [1.807, 2.05) is 17.5 Å². The molecule has 29 heavy (non-hydrogen) atoms. The lowest BCUT2D eigenvalue weighted by Gasteiger charge is -2.07. The lowest BCUT2D eigenvalue weighted by atomic mass is 10.1. The fraction of sp³-hybridized carbons (Fsp3) is 0.0500. The van der Waals surface area contributed by atoms with Gasteiger partial charge in [-0.3, -0.25) is 4.79 Å². The number of benzene rings is 2. The standard InChI is InChI=1S/C20H12ClF2N3O2S/c21-14-7-5-12(6-8-14)15-10-29-18-17(15)19(27)26(11-24-18)25-9-13-3-1-2-4-16(13)28-20(22)23/h1-11,20H/b25-9+. The summed E-state index contributed by atoms with van der Waals surface area (Å²) >= 11 is 7.29. The van der Waals surface area contributed by atoms with Crippen molar-refractivity contribution >= 4 is 39.4 Å². The van der Waals surface area contributed by atoms with E-state index in [9.17, 15) is 13.6 Å². The molecule has 0 fully saturated rings. The lowest BCUT2D eigenvalue weighted by Crippen LogP contribution is -2.17. The first-order valence-corrected chi connectivity index (χ1v) is 9.61. The number of ether oxygens (including phenoxy) is 1. The third-order valence-electron chi connectivity index (χ3n) is 4.09. The Bertz CT molecular complexity index is 1250. The molecule has 146 valence electrons. The van der Waals surface area contributed by atoms with Crippen molar-refractivity contribution in [3.8, 4) is 16.9 Å². The largest absolute Gasteiger partial charge is 0.434 e. The predicted octanol–water partition coefficient (Wildman–Crippen LogP) is 5.26. The molecular weight excluding hydrogens is 420 g/mol. The molecule has 0 saturated carbocycles. The molecule has 0 saturated heterocycles. The number of nitrogens with zero attached hydrogens (tertiary/aromatic N) is 3. The second-order valence-electron chi connectivity index (χ2n) is 5.89. The van der Waals surface area contributed by atoms with Crippen molar-refractivity contribution in [1.82, 2.24) is 9.66 Å². The zero-order valence-electron chi connectivity index (χ0n) is 14.6. The van der Waals surface area contributed by atoms with Crippen LogP contribution in [-0.4, -0.2) is 22.5 Å². The molecule has 0 aliphatic rings. The molecule has 0 atom stereocenters. The topological polar surface area (TPSA) is 56.5 Å². The van der Waals surface area contributed by atoms with Gasteiger partial charge in [-0.25, -0.2) is 4.98 Å². The smallest absolute Gasteiger partial charge is 0.387 e. The van der Waals surface area contributed by atoms with Crippen molar-refractivity contribution in [3.63, 3.8) is 0 Å². The number of hydrogen-bond acceptors (Lipinski definition) is 5. The lowest BCUT2D eigenvalue weighted by molar-refractivity contribution is -0.0499. The van der Waals surface area contributed by atoms with Gasteiger partial charge in [0.25, 0.3) is 5.56 Å². The van der Waals surface area contributed by atoms with Crippen LogP contribution in [0.15, 0.2) is 70.1 Å². The van der Waals surface area contributed by atoms with Crippen molar-refractivity contribution in [1.29, 1.82) is 0 Å². The second kappa shape index (κ2) is 8.10. The first-order valence-electron chi connectivity index (χ1n) is 8.36. The summed E-state index contributed by atoms with van der Waals surface area (Å²) in [6, 6.07) is 13.3. The van der Waals surface area contributed by atoms with E-state index in [0.717, 1.165) is 15.8 Å². The molecule has 2 heterocycles. The van der Waals surface area contributed by atoms with Crippen LogP contribution in [0.1, 0.15) is 5.56 Å². The van der Waals surface area contributed by atoms with E-state index in [-0.39, 0.29) is 11.3 Å². The van der Waals surface area contributed by atoms with E-state index in [4.69, 9.17) is 11.6 Å². The van der Waals surface area contributed by atoms with Gasteiger partial charge >= 0.3 is 6.61 Å². The molecule has 0 amide bonds. The summed E-state index contributed by atoms with van der Waals surface area (Å²) in [4.78, 5) is 17.8. The Kier molecular flexibility index (Phi) is 5.37. The molecule has 0 unspecified atom stereocenters. The molecule has 9 heteroatoms. The van der Waals surface area contributed by atoms with Gasteiger partial charge in [0.15, 0.2) is 0 Å². The van der Waals surface area contributed by atoms with Crippen LogP contribution in [0, 0.1) is 0 Å². The van der Waals surface area contributed by atoms with Crippen molar-refractivity contribution in [2.45, 2.75) is 6.61 Å². The summed E-state index contributed by atoms with van der Waals surface area (Å²) in [6.45, 7) is -2.96. The maximum atomic E-state index is 13.0. The van der Waals surface area contributed by atoms with Gasteiger partial charge in [0.2, 0.25) is 0 Å². The van der Waals surface area contributed by atoms with Crippen LogP contribution in [-0.2, 0) is 0 Å². The number of aromatic nitrogens is 2. The Morgan fingerprint density at radius 1 is 1.17 bits per heavy atom. The Hall–Kier alpha value is -3.10. The highest BCUT2D eigenvalue weighted by atomic mass is 35.5. The van der Waals surface area contributed by atoms with Crippen LogP contribution in [0.5, 0.6) is 5.75 Å². The van der Waals surface area contributed by atoms with E-state index in [1.54, 1.807) is 30.3 Å². The third-order valence-corrected chi connectivity index (χ3v) is 5.23. The molecule has 0 N–H and O–H groups in total. The van der Waals surface area contributed by atoms with Crippen molar-refractivity contribution in [2.75, 3.05) is 0 Å². The SMILES string of the molecule is O=c1c2c(-c3ccc(Cl)cc3)csc2ncn1/N=C/c1ccccc1OC(F)F. The van der Waals surface area contributed by atoms with Gasteiger partial charge in [-0.05, 0) is 29.8 Å². The first kappa shape index (κ1) is 19.2. The Balaban J connectivity index is 1.76. The van der Waals surface area contributed by atoms with E-state index < -0.39 is 6.61 Å². The number of para-hydroxylation sites is 1. The molecule has 4 rings (SSSR count). The highest BCUT2D eigenvalue weighted by molar-refractivity contribution is 7.17. The predicted molar refractivity (Wildman–Crippen MR) is 110 cm³/mol. The summed E-state index contributed by atoms with van der Waals surface area (Å²) in [7, 11) is 0. The molecule has 2 aromatic carbocycles. The number of hydrogen-bond donors (Lipinski definition) is 0. The van der Waals surface area contributed by atoms with E-state index >= 15 is 0 Å². The third kappa shape index (κ3) is 4.03.